The molecule has 1 fully saturated rings. The molecule has 16 heavy (non-hydrogen) atoms. The lowest BCUT2D eigenvalue weighted by atomic mass is 10.2. The number of likely N-dealkylation sites (tertiary alicyclic amines) is 1. The average molecular weight is 250 g/mol. The maximum Gasteiger partial charge on any atom is 0.410 e. The molecule has 6 heteroatoms. The normalized spacial score (nSPS) is 23.2. The van der Waals surface area contributed by atoms with Crippen molar-refractivity contribution in [3.05, 3.63) is 0 Å². The van der Waals surface area contributed by atoms with E-state index in [2.05, 4.69) is 0 Å². The second-order valence-electron chi connectivity index (χ2n) is 4.88. The molecule has 0 radical (unpaired) electrons. The molecule has 0 N–H and O–H groups in total. The second kappa shape index (κ2) is 5.14. The van der Waals surface area contributed by atoms with Gasteiger partial charge in [-0.25, -0.2) is 4.79 Å². The minimum absolute atomic E-state index is 0.124. The zero-order chi connectivity index (χ0) is 12.3. The summed E-state index contributed by atoms with van der Waals surface area (Å²) >= 11 is -1.61. The van der Waals surface area contributed by atoms with E-state index in [-0.39, 0.29) is 12.2 Å². The van der Waals surface area contributed by atoms with Crippen LogP contribution in [-0.2, 0) is 24.2 Å². The first-order valence-electron chi connectivity index (χ1n) is 5.33. The summed E-state index contributed by atoms with van der Waals surface area (Å²) in [6, 6.07) is 0. The van der Waals surface area contributed by atoms with Gasteiger partial charge in [0.25, 0.3) is 0 Å². The van der Waals surface area contributed by atoms with Crippen molar-refractivity contribution < 1.29 is 17.9 Å². The molecule has 1 heterocycles. The van der Waals surface area contributed by atoms with E-state index in [4.69, 9.17) is 8.92 Å². The molecule has 1 amide bonds. The number of hydrogen-bond acceptors (Lipinski definition) is 4. The minimum atomic E-state index is -1.61. The Morgan fingerprint density at radius 3 is 2.56 bits per heavy atom. The van der Waals surface area contributed by atoms with E-state index in [1.807, 2.05) is 20.8 Å². The van der Waals surface area contributed by atoms with Gasteiger partial charge in [0.15, 0.2) is 0 Å². The third kappa shape index (κ3) is 4.49. The quantitative estimate of drug-likeness (QED) is 0.547. The Bertz CT molecular complexity index is 287. The highest BCUT2D eigenvalue weighted by atomic mass is 32.2. The fourth-order valence-electron chi connectivity index (χ4n) is 1.52. The van der Waals surface area contributed by atoms with Crippen molar-refractivity contribution in [2.75, 3.05) is 19.3 Å². The topological polar surface area (TPSA) is 55.8 Å². The fourth-order valence-corrected chi connectivity index (χ4v) is 2.11. The summed E-state index contributed by atoms with van der Waals surface area (Å²) in [4.78, 5) is 13.3. The van der Waals surface area contributed by atoms with Gasteiger partial charge in [-0.15, -0.1) is 0 Å². The van der Waals surface area contributed by atoms with Crippen LogP contribution in [0.5, 0.6) is 0 Å². The SMILES string of the molecule is C[SH+](=O)O[C@@H]1CCN(C(=O)OC(C)(C)C)C1. The van der Waals surface area contributed by atoms with Gasteiger partial charge in [0.2, 0.25) is 11.1 Å². The maximum absolute atomic E-state index is 11.7. The molecule has 0 aromatic heterocycles. The van der Waals surface area contributed by atoms with Crippen LogP contribution in [0.2, 0.25) is 0 Å². The molecule has 1 aliphatic rings. The summed E-state index contributed by atoms with van der Waals surface area (Å²) in [6.07, 6.45) is 1.78. The lowest BCUT2D eigenvalue weighted by molar-refractivity contribution is 0.0277. The molecule has 1 unspecified atom stereocenters. The second-order valence-corrected chi connectivity index (χ2v) is 5.97. The molecule has 0 aliphatic carbocycles. The molecule has 94 valence electrons. The van der Waals surface area contributed by atoms with E-state index >= 15 is 0 Å². The summed E-state index contributed by atoms with van der Waals surface area (Å²) < 4.78 is 21.3. The van der Waals surface area contributed by atoms with Gasteiger partial charge in [0.05, 0.1) is 6.54 Å². The predicted molar refractivity (Wildman–Crippen MR) is 62.7 cm³/mol. The standard InChI is InChI=1S/C10H19NO4S/c1-10(2,3)14-9(12)11-6-5-8(7-11)15-16(4)13/h8H,5-7H2,1-4H3/p+1/t8-,16?/m1/s1. The van der Waals surface area contributed by atoms with Crippen LogP contribution >= 0.6 is 0 Å². The van der Waals surface area contributed by atoms with Gasteiger partial charge < -0.3 is 9.64 Å². The number of carbonyl (C=O) groups excluding carboxylic acids is 1. The number of hydrogen-bond donors (Lipinski definition) is 0. The zero-order valence-corrected chi connectivity index (χ0v) is 11.1. The molecule has 5 nitrogen and oxygen atoms in total. The molecule has 0 saturated carbocycles. The van der Waals surface area contributed by atoms with Crippen LogP contribution in [0.4, 0.5) is 4.79 Å². The molecular formula is C10H20NO4S+. The Morgan fingerprint density at radius 2 is 2.06 bits per heavy atom. The van der Waals surface area contributed by atoms with Crippen molar-refractivity contribution in [1.82, 2.24) is 4.90 Å². The van der Waals surface area contributed by atoms with Gasteiger partial charge in [-0.05, 0) is 27.2 Å². The Balaban J connectivity index is 2.41. The van der Waals surface area contributed by atoms with Crippen molar-refractivity contribution in [3.63, 3.8) is 0 Å². The molecule has 2 atom stereocenters. The van der Waals surface area contributed by atoms with E-state index in [0.29, 0.717) is 19.5 Å². The third-order valence-electron chi connectivity index (χ3n) is 2.09. The molecular weight excluding hydrogens is 230 g/mol. The van der Waals surface area contributed by atoms with E-state index < -0.39 is 16.7 Å². The van der Waals surface area contributed by atoms with E-state index in [1.165, 1.54) is 6.26 Å². The number of rotatable bonds is 2. The molecule has 1 rings (SSSR count). The van der Waals surface area contributed by atoms with Crippen LogP contribution in [0.15, 0.2) is 0 Å². The van der Waals surface area contributed by atoms with Gasteiger partial charge in [-0.3, -0.25) is 0 Å². The summed E-state index contributed by atoms with van der Waals surface area (Å²) in [5.41, 5.74) is -0.480. The number of amides is 1. The summed E-state index contributed by atoms with van der Waals surface area (Å²) in [6.45, 7) is 6.56. The Morgan fingerprint density at radius 1 is 1.44 bits per heavy atom. The highest BCUT2D eigenvalue weighted by molar-refractivity contribution is 7.79. The predicted octanol–water partition coefficient (Wildman–Crippen LogP) is 1.25. The molecule has 0 aromatic rings. The average Bonchev–Trinajstić information content (AvgIpc) is 2.48. The largest absolute Gasteiger partial charge is 0.444 e. The molecule has 0 spiro atoms. The monoisotopic (exact) mass is 250 g/mol. The van der Waals surface area contributed by atoms with Gasteiger partial charge in [0, 0.05) is 6.54 Å². The number of ether oxygens (including phenoxy) is 1. The van der Waals surface area contributed by atoms with Crippen LogP contribution in [0.1, 0.15) is 27.2 Å². The van der Waals surface area contributed by atoms with Crippen molar-refractivity contribution in [2.24, 2.45) is 0 Å². The van der Waals surface area contributed by atoms with Gasteiger partial charge in [-0.1, -0.05) is 4.21 Å². The van der Waals surface area contributed by atoms with Crippen molar-refractivity contribution in [1.29, 1.82) is 0 Å². The molecule has 0 aromatic carbocycles. The minimum Gasteiger partial charge on any atom is -0.444 e. The Kier molecular flexibility index (Phi) is 4.32. The number of thiol groups is 1. The Labute approximate surface area is 98.7 Å². The lowest BCUT2D eigenvalue weighted by Gasteiger charge is -2.24. The fraction of sp³-hybridized carbons (Fsp3) is 0.900. The van der Waals surface area contributed by atoms with Crippen LogP contribution < -0.4 is 0 Å². The molecule has 1 saturated heterocycles. The van der Waals surface area contributed by atoms with Gasteiger partial charge in [0.1, 0.15) is 18.0 Å². The van der Waals surface area contributed by atoms with E-state index in [9.17, 15) is 9.00 Å². The third-order valence-corrected chi connectivity index (χ3v) is 2.69. The molecule has 0 bridgehead atoms. The number of nitrogens with zero attached hydrogens (tertiary/aromatic N) is 1. The summed E-state index contributed by atoms with van der Waals surface area (Å²) in [5.74, 6) is 0. The number of carbonyl (C=O) groups is 1. The smallest absolute Gasteiger partial charge is 0.410 e. The van der Waals surface area contributed by atoms with Gasteiger partial charge in [-0.2, -0.15) is 4.18 Å². The van der Waals surface area contributed by atoms with E-state index in [0.717, 1.165) is 0 Å². The zero-order valence-electron chi connectivity index (χ0n) is 10.2. The highest BCUT2D eigenvalue weighted by Gasteiger charge is 2.32. The van der Waals surface area contributed by atoms with Crippen LogP contribution in [-0.4, -0.2) is 42.0 Å². The lowest BCUT2D eigenvalue weighted by Crippen LogP contribution is -2.36. The first-order valence-corrected chi connectivity index (χ1v) is 6.96. The summed E-state index contributed by atoms with van der Waals surface area (Å²) in [7, 11) is 0. The highest BCUT2D eigenvalue weighted by Crippen LogP contribution is 2.17. The van der Waals surface area contributed by atoms with Crippen LogP contribution in [0.3, 0.4) is 0 Å². The molecule has 1 aliphatic heterocycles. The summed E-state index contributed by atoms with van der Waals surface area (Å²) in [5, 5.41) is 0. The van der Waals surface area contributed by atoms with Gasteiger partial charge >= 0.3 is 6.09 Å². The first-order chi connectivity index (χ1) is 7.28. The first kappa shape index (κ1) is 13.4. The maximum atomic E-state index is 11.7. The van der Waals surface area contributed by atoms with Crippen LogP contribution in [0.25, 0.3) is 0 Å². The van der Waals surface area contributed by atoms with Crippen LogP contribution in [0, 0.1) is 0 Å². The van der Waals surface area contributed by atoms with Crippen molar-refractivity contribution >= 4 is 17.2 Å². The Hall–Kier alpha value is -0.620. The van der Waals surface area contributed by atoms with Crippen molar-refractivity contribution in [3.8, 4) is 0 Å². The van der Waals surface area contributed by atoms with Crippen molar-refractivity contribution in [2.45, 2.75) is 38.9 Å². The van der Waals surface area contributed by atoms with E-state index in [1.54, 1.807) is 4.90 Å².